The van der Waals surface area contributed by atoms with Gasteiger partial charge in [0.15, 0.2) is 11.2 Å². The predicted octanol–water partition coefficient (Wildman–Crippen LogP) is 1.73. The maximum Gasteiger partial charge on any atom is 0.289 e. The second-order valence-electron chi connectivity index (χ2n) is 6.24. The van der Waals surface area contributed by atoms with E-state index in [9.17, 15) is 14.4 Å². The van der Waals surface area contributed by atoms with E-state index in [4.69, 9.17) is 4.42 Å². The normalized spacial score (nSPS) is 15.1. The lowest BCUT2D eigenvalue weighted by molar-refractivity contribution is -0.135. The number of fused-ring (bicyclic) bond motifs is 1. The molecule has 2 heterocycles. The van der Waals surface area contributed by atoms with Crippen LogP contribution in [0.2, 0.25) is 0 Å². The molecule has 2 amide bonds. The lowest BCUT2D eigenvalue weighted by Gasteiger charge is -2.35. The summed E-state index contributed by atoms with van der Waals surface area (Å²) in [5.74, 6) is -0.220. The lowest BCUT2D eigenvalue weighted by Crippen LogP contribution is -2.51. The zero-order valence-corrected chi connectivity index (χ0v) is 13.8. The maximum atomic E-state index is 12.6. The third kappa shape index (κ3) is 3.04. The smallest absolute Gasteiger partial charge is 0.289 e. The largest absolute Gasteiger partial charge is 0.451 e. The van der Waals surface area contributed by atoms with Crippen LogP contribution in [0.1, 0.15) is 24.4 Å². The highest BCUT2D eigenvalue weighted by Gasteiger charge is 2.27. The lowest BCUT2D eigenvalue weighted by atomic mass is 10.1. The Hall–Kier alpha value is -2.63. The molecule has 0 N–H and O–H groups in total. The quantitative estimate of drug-likeness (QED) is 0.842. The van der Waals surface area contributed by atoms with Crippen molar-refractivity contribution in [3.8, 4) is 0 Å². The molecule has 1 saturated heterocycles. The molecule has 3 rings (SSSR count). The zero-order chi connectivity index (χ0) is 17.3. The fraction of sp³-hybridized carbons (Fsp3) is 0.389. The van der Waals surface area contributed by atoms with Crippen molar-refractivity contribution >= 4 is 22.8 Å². The Kier molecular flexibility index (Phi) is 4.38. The standard InChI is InChI=1S/C18H20N2O4/c1-12(2)17(22)19-7-9-20(10-8-19)18(23)16-11-14(21)13-5-3-4-6-15(13)24-16/h3-6,11-12H,7-10H2,1-2H3. The molecule has 6 heteroatoms. The number of hydrogen-bond donors (Lipinski definition) is 0. The maximum absolute atomic E-state index is 12.6. The van der Waals surface area contributed by atoms with E-state index in [0.29, 0.717) is 37.1 Å². The number of piperazine rings is 1. The summed E-state index contributed by atoms with van der Waals surface area (Å²) < 4.78 is 5.60. The summed E-state index contributed by atoms with van der Waals surface area (Å²) in [6.07, 6.45) is 0. The van der Waals surface area contributed by atoms with E-state index in [2.05, 4.69) is 0 Å². The molecule has 0 spiro atoms. The third-order valence-corrected chi connectivity index (χ3v) is 4.22. The van der Waals surface area contributed by atoms with Crippen molar-refractivity contribution in [3.05, 3.63) is 46.3 Å². The molecule has 2 aromatic rings. The van der Waals surface area contributed by atoms with E-state index in [0.717, 1.165) is 0 Å². The SMILES string of the molecule is CC(C)C(=O)N1CCN(C(=O)c2cc(=O)c3ccccc3o2)CC1. The number of hydrogen-bond acceptors (Lipinski definition) is 4. The molecule has 24 heavy (non-hydrogen) atoms. The first kappa shape index (κ1) is 16.2. The molecule has 0 saturated carbocycles. The molecule has 6 nitrogen and oxygen atoms in total. The molecule has 0 atom stereocenters. The van der Waals surface area contributed by atoms with Crippen LogP contribution < -0.4 is 5.43 Å². The average Bonchev–Trinajstić information content (AvgIpc) is 2.60. The van der Waals surface area contributed by atoms with Crippen molar-refractivity contribution in [2.45, 2.75) is 13.8 Å². The summed E-state index contributed by atoms with van der Waals surface area (Å²) >= 11 is 0. The first-order valence-electron chi connectivity index (χ1n) is 8.08. The Morgan fingerprint density at radius 3 is 2.33 bits per heavy atom. The first-order valence-corrected chi connectivity index (χ1v) is 8.08. The van der Waals surface area contributed by atoms with Crippen molar-refractivity contribution < 1.29 is 14.0 Å². The number of rotatable bonds is 2. The van der Waals surface area contributed by atoms with Crippen molar-refractivity contribution in [1.82, 2.24) is 9.80 Å². The van der Waals surface area contributed by atoms with Crippen molar-refractivity contribution in [2.24, 2.45) is 5.92 Å². The summed E-state index contributed by atoms with van der Waals surface area (Å²) in [5, 5.41) is 0.460. The molecule has 1 aliphatic heterocycles. The van der Waals surface area contributed by atoms with Crippen LogP contribution in [0, 0.1) is 5.92 Å². The van der Waals surface area contributed by atoms with Gasteiger partial charge in [0.2, 0.25) is 5.91 Å². The summed E-state index contributed by atoms with van der Waals surface area (Å²) in [6.45, 7) is 5.61. The minimum atomic E-state index is -0.311. The molecule has 0 unspecified atom stereocenters. The average molecular weight is 328 g/mol. The van der Waals surface area contributed by atoms with Gasteiger partial charge in [-0.15, -0.1) is 0 Å². The van der Waals surface area contributed by atoms with E-state index in [-0.39, 0.29) is 28.9 Å². The van der Waals surface area contributed by atoms with Gasteiger partial charge < -0.3 is 14.2 Å². The summed E-state index contributed by atoms with van der Waals surface area (Å²) in [4.78, 5) is 40.1. The summed E-state index contributed by atoms with van der Waals surface area (Å²) in [7, 11) is 0. The summed E-state index contributed by atoms with van der Waals surface area (Å²) in [6, 6.07) is 8.11. The summed E-state index contributed by atoms with van der Waals surface area (Å²) in [5.41, 5.74) is 0.177. The number of nitrogens with zero attached hydrogens (tertiary/aromatic N) is 2. The number of carbonyl (C=O) groups is 2. The molecule has 1 aromatic carbocycles. The molecule has 126 valence electrons. The van der Waals surface area contributed by atoms with E-state index in [1.54, 1.807) is 34.1 Å². The second kappa shape index (κ2) is 6.47. The zero-order valence-electron chi connectivity index (χ0n) is 13.8. The molecule has 1 aliphatic rings. The Morgan fingerprint density at radius 1 is 1.04 bits per heavy atom. The van der Waals surface area contributed by atoms with Crippen LogP contribution in [0.15, 0.2) is 39.5 Å². The molecular formula is C18H20N2O4. The first-order chi connectivity index (χ1) is 11.5. The van der Waals surface area contributed by atoms with Crippen LogP contribution in [0.4, 0.5) is 0 Å². The number of amides is 2. The molecule has 0 aliphatic carbocycles. The van der Waals surface area contributed by atoms with Gasteiger partial charge in [-0.2, -0.15) is 0 Å². The fourth-order valence-electron chi connectivity index (χ4n) is 2.86. The number of benzene rings is 1. The van der Waals surface area contributed by atoms with E-state index >= 15 is 0 Å². The van der Waals surface area contributed by atoms with Gasteiger partial charge in [-0.3, -0.25) is 14.4 Å². The van der Waals surface area contributed by atoms with Gasteiger partial charge in [-0.25, -0.2) is 0 Å². The minimum Gasteiger partial charge on any atom is -0.451 e. The highest BCUT2D eigenvalue weighted by atomic mass is 16.3. The van der Waals surface area contributed by atoms with E-state index in [1.165, 1.54) is 6.07 Å². The minimum absolute atomic E-state index is 0.0438. The number of carbonyl (C=O) groups excluding carboxylic acids is 2. The monoisotopic (exact) mass is 328 g/mol. The van der Waals surface area contributed by atoms with Gasteiger partial charge in [0.1, 0.15) is 5.58 Å². The van der Waals surface area contributed by atoms with Crippen LogP contribution in [-0.2, 0) is 4.79 Å². The second-order valence-corrected chi connectivity index (χ2v) is 6.24. The fourth-order valence-corrected chi connectivity index (χ4v) is 2.86. The van der Waals surface area contributed by atoms with Crippen LogP contribution in [0.25, 0.3) is 11.0 Å². The van der Waals surface area contributed by atoms with Gasteiger partial charge in [-0.05, 0) is 12.1 Å². The Labute approximate surface area is 139 Å². The van der Waals surface area contributed by atoms with Crippen LogP contribution in [-0.4, -0.2) is 47.8 Å². The van der Waals surface area contributed by atoms with E-state index < -0.39 is 0 Å². The number of para-hydroxylation sites is 1. The highest BCUT2D eigenvalue weighted by Crippen LogP contribution is 2.15. The van der Waals surface area contributed by atoms with E-state index in [1.807, 2.05) is 13.8 Å². The van der Waals surface area contributed by atoms with Crippen LogP contribution in [0.5, 0.6) is 0 Å². The molecular weight excluding hydrogens is 308 g/mol. The molecule has 1 fully saturated rings. The van der Waals surface area contributed by atoms with Gasteiger partial charge in [-0.1, -0.05) is 26.0 Å². The molecule has 0 radical (unpaired) electrons. The van der Waals surface area contributed by atoms with Gasteiger partial charge in [0.05, 0.1) is 5.39 Å². The Balaban J connectivity index is 1.76. The molecule has 0 bridgehead atoms. The Morgan fingerprint density at radius 2 is 1.67 bits per heavy atom. The topological polar surface area (TPSA) is 70.8 Å². The van der Waals surface area contributed by atoms with Gasteiger partial charge in [0.25, 0.3) is 5.91 Å². The predicted molar refractivity (Wildman–Crippen MR) is 89.8 cm³/mol. The highest BCUT2D eigenvalue weighted by molar-refractivity contribution is 5.93. The van der Waals surface area contributed by atoms with Gasteiger partial charge in [0, 0.05) is 38.2 Å². The third-order valence-electron chi connectivity index (χ3n) is 4.22. The van der Waals surface area contributed by atoms with Gasteiger partial charge >= 0.3 is 0 Å². The van der Waals surface area contributed by atoms with Crippen molar-refractivity contribution in [1.29, 1.82) is 0 Å². The molecule has 1 aromatic heterocycles. The van der Waals surface area contributed by atoms with Crippen LogP contribution >= 0.6 is 0 Å². The Bertz CT molecular complexity index is 832. The van der Waals surface area contributed by atoms with Crippen molar-refractivity contribution in [2.75, 3.05) is 26.2 Å². The van der Waals surface area contributed by atoms with Crippen LogP contribution in [0.3, 0.4) is 0 Å². The van der Waals surface area contributed by atoms with Crippen molar-refractivity contribution in [3.63, 3.8) is 0 Å².